The number of carbonyl (C=O) groups excluding carboxylic acids is 2. The van der Waals surface area contributed by atoms with Gasteiger partial charge < -0.3 is 20.6 Å². The smallest absolute Gasteiger partial charge is 0.335 e. The molecule has 0 aromatic heterocycles. The van der Waals surface area contributed by atoms with Crippen molar-refractivity contribution in [3.8, 4) is 0 Å². The molecule has 2 aliphatic heterocycles. The van der Waals surface area contributed by atoms with Crippen LogP contribution in [-0.4, -0.2) is 58.8 Å². The van der Waals surface area contributed by atoms with Crippen LogP contribution in [-0.2, 0) is 20.8 Å². The van der Waals surface area contributed by atoms with E-state index >= 15 is 0 Å². The molecule has 1 atom stereocenters. The summed E-state index contributed by atoms with van der Waals surface area (Å²) in [6.07, 6.45) is 18.1. The number of nitrogens with one attached hydrogen (secondary N) is 1. The standard InChI is InChI=1S/C35H51NO8S6.H2/c37-28(17-13-11-9-7-5-3-1-2-4-6-8-10-12-14-19-30(38)39)23-25-21-26(24-27(22-25)32(41)42)31(40)36-20-16-15-18-29(33(43)44)34-45-47-35(48-46-34)49-50-35;/h21-22,24,29,34H,1-20,23H2,(H,36,40)(H,38,39)(H,41,42)(H,43,44);1H/t29-;/m0./s1. The third kappa shape index (κ3) is 17.6. The molecule has 9 nitrogen and oxygen atoms in total. The van der Waals surface area contributed by atoms with Crippen LogP contribution in [0.15, 0.2) is 18.2 Å². The van der Waals surface area contributed by atoms with Crippen LogP contribution in [0, 0.1) is 5.92 Å². The molecule has 50 heavy (non-hydrogen) atoms. The van der Waals surface area contributed by atoms with Gasteiger partial charge in [-0.15, -0.1) is 0 Å². The van der Waals surface area contributed by atoms with E-state index in [9.17, 15) is 34.2 Å². The molecule has 0 unspecified atom stereocenters. The van der Waals surface area contributed by atoms with Gasteiger partial charge in [-0.2, -0.15) is 0 Å². The summed E-state index contributed by atoms with van der Waals surface area (Å²) in [4.78, 5) is 59.8. The molecular weight excluding hydrogens is 755 g/mol. The van der Waals surface area contributed by atoms with Gasteiger partial charge in [-0.1, -0.05) is 127 Å². The molecule has 2 heterocycles. The number of hydrogen-bond acceptors (Lipinski definition) is 11. The van der Waals surface area contributed by atoms with E-state index in [1.165, 1.54) is 57.1 Å². The van der Waals surface area contributed by atoms with Gasteiger partial charge in [-0.05, 0) is 71.0 Å². The fraction of sp³-hybridized carbons (Fsp3) is 0.686. The van der Waals surface area contributed by atoms with Gasteiger partial charge in [0.25, 0.3) is 5.91 Å². The Morgan fingerprint density at radius 2 is 1.18 bits per heavy atom. The average molecular weight is 808 g/mol. The number of unbranched alkanes of at least 4 members (excludes halogenated alkanes) is 14. The van der Waals surface area contributed by atoms with Crippen LogP contribution in [0.3, 0.4) is 0 Å². The largest absolute Gasteiger partial charge is 0.481 e. The van der Waals surface area contributed by atoms with Gasteiger partial charge in [0.15, 0.2) is 2.74 Å². The van der Waals surface area contributed by atoms with E-state index in [4.69, 9.17) is 5.11 Å². The third-order valence-corrected chi connectivity index (χ3v) is 22.5. The van der Waals surface area contributed by atoms with Gasteiger partial charge in [-0.25, -0.2) is 4.79 Å². The Balaban J connectivity index is 0.00000901. The first-order valence-electron chi connectivity index (χ1n) is 17.8. The summed E-state index contributed by atoms with van der Waals surface area (Å²) in [5.74, 6) is -3.50. The lowest BCUT2D eigenvalue weighted by Gasteiger charge is -2.27. The van der Waals surface area contributed by atoms with Crippen molar-refractivity contribution in [1.29, 1.82) is 0 Å². The second-order valence-corrected chi connectivity index (χ2v) is 22.4. The normalized spacial score (nSPS) is 15.8. The predicted molar refractivity (Wildman–Crippen MR) is 215 cm³/mol. The van der Waals surface area contributed by atoms with Crippen LogP contribution < -0.4 is 5.32 Å². The third-order valence-electron chi connectivity index (χ3n) is 8.58. The maximum absolute atomic E-state index is 12.9. The molecule has 1 aromatic rings. The van der Waals surface area contributed by atoms with Crippen molar-refractivity contribution >= 4 is 94.4 Å². The Morgan fingerprint density at radius 1 is 0.660 bits per heavy atom. The zero-order valence-corrected chi connectivity index (χ0v) is 33.5. The molecular formula is C35H53NO8S6. The Bertz CT molecular complexity index is 1260. The molecule has 3 rings (SSSR count). The summed E-state index contributed by atoms with van der Waals surface area (Å²) in [6.45, 7) is 0.348. The van der Waals surface area contributed by atoms with Crippen molar-refractivity contribution < 1.29 is 40.7 Å². The summed E-state index contributed by atoms with van der Waals surface area (Å²) >= 11 is 0. The van der Waals surface area contributed by atoms with Crippen molar-refractivity contribution in [2.24, 2.45) is 5.92 Å². The van der Waals surface area contributed by atoms with E-state index in [0.29, 0.717) is 37.8 Å². The van der Waals surface area contributed by atoms with Crippen LogP contribution in [0.2, 0.25) is 0 Å². The molecule has 0 radical (unpaired) electrons. The quantitative estimate of drug-likeness (QED) is 0.0360. The Morgan fingerprint density at radius 3 is 1.68 bits per heavy atom. The topological polar surface area (TPSA) is 158 Å². The van der Waals surface area contributed by atoms with Crippen molar-refractivity contribution in [3.05, 3.63) is 34.9 Å². The maximum Gasteiger partial charge on any atom is 0.335 e. The van der Waals surface area contributed by atoms with Crippen LogP contribution in [0.5, 0.6) is 0 Å². The highest BCUT2D eigenvalue weighted by Crippen LogP contribution is 2.84. The summed E-state index contributed by atoms with van der Waals surface area (Å²) < 4.78 is 0.100. The second kappa shape index (κ2) is 24.2. The van der Waals surface area contributed by atoms with E-state index in [0.717, 1.165) is 44.9 Å². The molecule has 4 N–H and O–H groups in total. The van der Waals surface area contributed by atoms with Crippen LogP contribution in [0.4, 0.5) is 0 Å². The molecule has 1 aromatic carbocycles. The lowest BCUT2D eigenvalue weighted by Crippen LogP contribution is -2.26. The van der Waals surface area contributed by atoms with Gasteiger partial charge in [0.2, 0.25) is 0 Å². The lowest BCUT2D eigenvalue weighted by atomic mass is 9.98. The molecule has 2 saturated heterocycles. The van der Waals surface area contributed by atoms with E-state index in [-0.39, 0.29) is 38.5 Å². The Kier molecular flexibility index (Phi) is 21.0. The molecule has 2 fully saturated rings. The summed E-state index contributed by atoms with van der Waals surface area (Å²) in [5, 5.41) is 30.9. The number of aliphatic carboxylic acids is 2. The SMILES string of the molecule is O=C(O)CCCCCCCCCCCCCCCCC(=O)Cc1cc(C(=O)O)cc(C(=O)NCCCC[C@@H](C(=O)O)C2SSC3(SS2)SS3)c1.[HH]. The number of aromatic carboxylic acids is 1. The van der Waals surface area contributed by atoms with Crippen LogP contribution in [0.25, 0.3) is 0 Å². The maximum atomic E-state index is 12.9. The van der Waals surface area contributed by atoms with E-state index in [2.05, 4.69) is 5.32 Å². The number of amides is 1. The van der Waals surface area contributed by atoms with E-state index in [1.807, 2.05) is 21.6 Å². The molecule has 1 amide bonds. The molecule has 0 saturated carbocycles. The van der Waals surface area contributed by atoms with Crippen molar-refractivity contribution in [3.63, 3.8) is 0 Å². The monoisotopic (exact) mass is 807 g/mol. The number of rotatable bonds is 28. The van der Waals surface area contributed by atoms with Crippen molar-refractivity contribution in [2.45, 2.75) is 136 Å². The van der Waals surface area contributed by atoms with Crippen LogP contribution >= 0.6 is 64.8 Å². The Labute approximate surface area is 321 Å². The van der Waals surface area contributed by atoms with Gasteiger partial charge in [0.05, 0.1) is 16.1 Å². The molecule has 15 heteroatoms. The van der Waals surface area contributed by atoms with E-state index in [1.54, 1.807) is 49.2 Å². The minimum absolute atomic E-state index is 0. The molecule has 0 aliphatic carbocycles. The fourth-order valence-electron chi connectivity index (χ4n) is 5.72. The highest BCUT2D eigenvalue weighted by Gasteiger charge is 2.53. The van der Waals surface area contributed by atoms with Gasteiger partial charge in [0.1, 0.15) is 5.78 Å². The number of carboxylic acids is 3. The number of benzene rings is 1. The molecule has 1 spiro atoms. The van der Waals surface area contributed by atoms with Crippen LogP contribution in [0.1, 0.15) is 150 Å². The zero-order valence-electron chi connectivity index (χ0n) is 28.6. The molecule has 2 aliphatic rings. The molecule has 282 valence electrons. The average Bonchev–Trinajstić information content (AvgIpc) is 3.84. The van der Waals surface area contributed by atoms with Crippen molar-refractivity contribution in [2.75, 3.05) is 6.54 Å². The fourth-order valence-corrected chi connectivity index (χ4v) is 19.6. The highest BCUT2D eigenvalue weighted by atomic mass is 33.2. The molecule has 0 bridgehead atoms. The summed E-state index contributed by atoms with van der Waals surface area (Å²) in [6, 6.07) is 4.39. The number of ketones is 1. The first-order chi connectivity index (χ1) is 24.1. The number of Topliss-reactive ketones (excluding diaryl/α,β-unsaturated/α-hetero) is 1. The second-order valence-electron chi connectivity index (χ2n) is 12.9. The first-order valence-corrected chi connectivity index (χ1v) is 24.3. The highest BCUT2D eigenvalue weighted by molar-refractivity contribution is 9.14. The van der Waals surface area contributed by atoms with E-state index < -0.39 is 29.7 Å². The zero-order chi connectivity index (χ0) is 36.2. The summed E-state index contributed by atoms with van der Waals surface area (Å²) in [7, 11) is 10.4. The van der Waals surface area contributed by atoms with Gasteiger partial charge in [0, 0.05) is 32.8 Å². The van der Waals surface area contributed by atoms with Gasteiger partial charge >= 0.3 is 17.9 Å². The predicted octanol–water partition coefficient (Wildman–Crippen LogP) is 10.8. The first kappa shape index (κ1) is 43.3. The number of hydrogen-bond donors (Lipinski definition) is 4. The lowest BCUT2D eigenvalue weighted by molar-refractivity contribution is -0.141. The van der Waals surface area contributed by atoms with Gasteiger partial charge in [-0.3, -0.25) is 19.2 Å². The number of carboxylic acid groups (broad SMARTS) is 3. The van der Waals surface area contributed by atoms with Crippen molar-refractivity contribution in [1.82, 2.24) is 5.32 Å². The Hall–Kier alpha value is -1.13. The minimum atomic E-state index is -1.16. The number of carbonyl (C=O) groups is 5. The summed E-state index contributed by atoms with van der Waals surface area (Å²) in [5.41, 5.74) is 0.698. The minimum Gasteiger partial charge on any atom is -0.481 e.